The van der Waals surface area contributed by atoms with Crippen LogP contribution in [0.15, 0.2) is 52.6 Å². The number of aromatic nitrogens is 3. The van der Waals surface area contributed by atoms with Crippen LogP contribution in [0.3, 0.4) is 0 Å². The Kier molecular flexibility index (Phi) is 7.48. The van der Waals surface area contributed by atoms with Crippen LogP contribution >= 0.6 is 23.4 Å². The summed E-state index contributed by atoms with van der Waals surface area (Å²) in [6, 6.07) is 10.6. The number of hydrogen-bond acceptors (Lipinski definition) is 8. The summed E-state index contributed by atoms with van der Waals surface area (Å²) >= 11 is 8.11. The number of hydrogen-bond donors (Lipinski definition) is 2. The molecular formula is C29H36ClN7OS2. The average molecular weight is 598 g/mol. The summed E-state index contributed by atoms with van der Waals surface area (Å²) in [5.41, 5.74) is 9.08. The van der Waals surface area contributed by atoms with Crippen molar-refractivity contribution in [1.82, 2.24) is 19.7 Å². The number of rotatable bonds is 6. The van der Waals surface area contributed by atoms with Crippen LogP contribution in [-0.2, 0) is 17.4 Å². The van der Waals surface area contributed by atoms with Crippen molar-refractivity contribution < 1.29 is 4.21 Å². The lowest BCUT2D eigenvalue weighted by Crippen LogP contribution is -2.48. The van der Waals surface area contributed by atoms with Crippen LogP contribution in [0.5, 0.6) is 0 Å². The Morgan fingerprint density at radius 1 is 1.10 bits per heavy atom. The molecule has 2 aliphatic heterocycles. The van der Waals surface area contributed by atoms with Gasteiger partial charge in [0, 0.05) is 37.3 Å². The summed E-state index contributed by atoms with van der Waals surface area (Å²) in [6.07, 6.45) is 7.67. The molecule has 3 aromatic rings. The molecule has 0 bridgehead atoms. The lowest BCUT2D eigenvalue weighted by Gasteiger charge is -2.44. The molecule has 0 amide bonds. The first-order valence-electron chi connectivity index (χ1n) is 13.9. The maximum Gasteiger partial charge on any atom is 0.158 e. The lowest BCUT2D eigenvalue weighted by atomic mass is 9.73. The van der Waals surface area contributed by atoms with Crippen LogP contribution < -0.4 is 20.3 Å². The number of nitrogens with two attached hydrogens (primary N) is 1. The zero-order valence-electron chi connectivity index (χ0n) is 23.2. The van der Waals surface area contributed by atoms with Crippen LogP contribution in [0.4, 0.5) is 17.5 Å². The number of anilines is 3. The van der Waals surface area contributed by atoms with Crippen LogP contribution in [0.2, 0.25) is 5.02 Å². The van der Waals surface area contributed by atoms with Crippen LogP contribution in [0.1, 0.15) is 57.2 Å². The molecule has 8 nitrogen and oxygen atoms in total. The Morgan fingerprint density at radius 3 is 2.52 bits per heavy atom. The zero-order chi connectivity index (χ0) is 28.1. The standard InChI is InChI=1S/C29H36ClN7OS2/c1-28(2,3)40(38)35-24-20-8-5-4-7-19(20)17-29(24)10-15-36(16-11-29)22-18-33-27(25(31)34-22)39-21-9-12-32-26(23(21)30)37-13-6-14-37/h4-5,7-9,12,18,24,35H,6,10-11,13-17H2,1-3H3,(H2,31,34)/t24-,40-/m1/s1. The number of fused-ring (bicyclic) bond motifs is 1. The molecule has 6 rings (SSSR count). The van der Waals surface area contributed by atoms with Gasteiger partial charge in [-0.05, 0) is 69.1 Å². The third kappa shape index (κ3) is 5.19. The molecule has 2 aromatic heterocycles. The summed E-state index contributed by atoms with van der Waals surface area (Å²) in [6.45, 7) is 9.69. The first kappa shape index (κ1) is 27.8. The number of pyridine rings is 1. The Labute approximate surface area is 248 Å². The van der Waals surface area contributed by atoms with Gasteiger partial charge in [0.2, 0.25) is 0 Å². The molecule has 0 unspecified atom stereocenters. The molecule has 40 heavy (non-hydrogen) atoms. The Balaban J connectivity index is 1.17. The van der Waals surface area contributed by atoms with Crippen LogP contribution in [-0.4, -0.2) is 50.1 Å². The minimum atomic E-state index is -1.15. The quantitative estimate of drug-likeness (QED) is 0.389. The van der Waals surface area contributed by atoms with E-state index in [2.05, 4.69) is 48.8 Å². The molecule has 3 N–H and O–H groups in total. The van der Waals surface area contributed by atoms with E-state index in [1.165, 1.54) is 22.9 Å². The summed E-state index contributed by atoms with van der Waals surface area (Å²) in [4.78, 5) is 19.2. The SMILES string of the molecule is CC(C)(C)[S@@](=O)N[C@@H]1c2ccccc2CC12CCN(c1cnc(Sc3ccnc(N4CCC4)c3Cl)c(N)n1)CC2. The van der Waals surface area contributed by atoms with Crippen molar-refractivity contribution in [2.75, 3.05) is 41.7 Å². The van der Waals surface area contributed by atoms with Crippen molar-refractivity contribution in [3.63, 3.8) is 0 Å². The molecule has 0 radical (unpaired) electrons. The molecular weight excluding hydrogens is 562 g/mol. The predicted octanol–water partition coefficient (Wildman–Crippen LogP) is 5.40. The second-order valence-corrected chi connectivity index (χ2v) is 15.4. The fourth-order valence-electron chi connectivity index (χ4n) is 5.87. The van der Waals surface area contributed by atoms with E-state index < -0.39 is 11.0 Å². The van der Waals surface area contributed by atoms with Crippen molar-refractivity contribution in [2.24, 2.45) is 5.41 Å². The summed E-state index contributed by atoms with van der Waals surface area (Å²) in [5, 5.41) is 1.27. The fourth-order valence-corrected chi connectivity index (χ4v) is 7.93. The largest absolute Gasteiger partial charge is 0.381 e. The van der Waals surface area contributed by atoms with Crippen molar-refractivity contribution in [2.45, 2.75) is 67.2 Å². The van der Waals surface area contributed by atoms with E-state index in [4.69, 9.17) is 22.3 Å². The molecule has 2 fully saturated rings. The fraction of sp³-hybridized carbons (Fsp3) is 0.483. The van der Waals surface area contributed by atoms with Crippen LogP contribution in [0, 0.1) is 5.41 Å². The molecule has 1 aromatic carbocycles. The molecule has 2 saturated heterocycles. The molecule has 11 heteroatoms. The normalized spacial score (nSPS) is 20.9. The molecule has 1 aliphatic carbocycles. The minimum absolute atomic E-state index is 0.0160. The van der Waals surface area contributed by atoms with Gasteiger partial charge in [0.25, 0.3) is 0 Å². The molecule has 212 valence electrons. The van der Waals surface area contributed by atoms with Gasteiger partial charge in [-0.2, -0.15) is 0 Å². The van der Waals surface area contributed by atoms with Gasteiger partial charge in [0.05, 0.1) is 33.0 Å². The molecule has 0 saturated carbocycles. The number of nitrogen functional groups attached to an aromatic ring is 1. The van der Waals surface area contributed by atoms with E-state index in [0.29, 0.717) is 15.9 Å². The van der Waals surface area contributed by atoms with E-state index in [9.17, 15) is 4.21 Å². The first-order chi connectivity index (χ1) is 19.1. The Bertz CT molecular complexity index is 1430. The monoisotopic (exact) mass is 597 g/mol. The summed E-state index contributed by atoms with van der Waals surface area (Å²) < 4.78 is 16.4. The maximum absolute atomic E-state index is 13.2. The van der Waals surface area contributed by atoms with Gasteiger partial charge in [-0.3, -0.25) is 0 Å². The number of halogens is 1. The first-order valence-corrected chi connectivity index (χ1v) is 16.2. The van der Waals surface area contributed by atoms with Gasteiger partial charge < -0.3 is 15.5 Å². The minimum Gasteiger partial charge on any atom is -0.381 e. The predicted molar refractivity (Wildman–Crippen MR) is 164 cm³/mol. The van der Waals surface area contributed by atoms with E-state index >= 15 is 0 Å². The van der Waals surface area contributed by atoms with E-state index in [0.717, 1.165) is 68.4 Å². The van der Waals surface area contributed by atoms with Crippen molar-refractivity contribution in [3.05, 3.63) is 58.9 Å². The second kappa shape index (κ2) is 10.8. The highest BCUT2D eigenvalue weighted by molar-refractivity contribution is 7.99. The summed E-state index contributed by atoms with van der Waals surface area (Å²) in [5.74, 6) is 2.00. The molecule has 4 heterocycles. The van der Waals surface area contributed by atoms with E-state index in [1.807, 2.05) is 33.0 Å². The van der Waals surface area contributed by atoms with Gasteiger partial charge in [-0.25, -0.2) is 23.9 Å². The highest BCUT2D eigenvalue weighted by Gasteiger charge is 2.48. The number of piperidine rings is 1. The number of nitrogens with zero attached hydrogens (tertiary/aromatic N) is 5. The molecule has 1 spiro atoms. The highest BCUT2D eigenvalue weighted by Crippen LogP contribution is 2.52. The topological polar surface area (TPSA) is 100 Å². The van der Waals surface area contributed by atoms with E-state index in [1.54, 1.807) is 6.20 Å². The third-order valence-electron chi connectivity index (χ3n) is 8.33. The number of benzene rings is 1. The summed E-state index contributed by atoms with van der Waals surface area (Å²) in [7, 11) is -1.15. The average Bonchev–Trinajstić information content (AvgIpc) is 3.18. The van der Waals surface area contributed by atoms with Gasteiger partial charge in [0.1, 0.15) is 16.7 Å². The molecule has 2 atom stereocenters. The zero-order valence-corrected chi connectivity index (χ0v) is 25.6. The van der Waals surface area contributed by atoms with E-state index in [-0.39, 0.29) is 16.2 Å². The number of nitrogens with one attached hydrogen (secondary N) is 1. The lowest BCUT2D eigenvalue weighted by molar-refractivity contribution is 0.177. The van der Waals surface area contributed by atoms with Gasteiger partial charge in [-0.15, -0.1) is 0 Å². The van der Waals surface area contributed by atoms with Crippen molar-refractivity contribution in [1.29, 1.82) is 0 Å². The smallest absolute Gasteiger partial charge is 0.158 e. The van der Waals surface area contributed by atoms with Gasteiger partial charge in [-0.1, -0.05) is 47.6 Å². The Morgan fingerprint density at radius 2 is 1.85 bits per heavy atom. The Hall–Kier alpha value is -2.40. The van der Waals surface area contributed by atoms with Gasteiger partial charge in [0.15, 0.2) is 5.82 Å². The second-order valence-electron chi connectivity index (χ2n) is 12.0. The maximum atomic E-state index is 13.2. The highest BCUT2D eigenvalue weighted by atomic mass is 35.5. The van der Waals surface area contributed by atoms with Crippen LogP contribution in [0.25, 0.3) is 0 Å². The van der Waals surface area contributed by atoms with Gasteiger partial charge >= 0.3 is 0 Å². The molecule has 3 aliphatic rings. The van der Waals surface area contributed by atoms with Crippen molar-refractivity contribution in [3.8, 4) is 0 Å². The van der Waals surface area contributed by atoms with Crippen molar-refractivity contribution >= 4 is 51.8 Å². The third-order valence-corrected chi connectivity index (χ3v) is 11.4.